The standard InChI is InChI=1S/C51H63F3N10O6/c1-27(2)43(59-50(67)69-5)48(65)62-20-10-12-41(62)46-55-35-15-14-29(22-36(35)56-46)39-16-17-40(64(39)30-23-33(53)45(34(54)24-30)61-18-8-7-9-19-61)31-25-37-38(26-32(31)52)58-47(57-37)42-13-11-21-63(42)49(66)44(28(3)4)60-51(68)70-6/h14-15,22-28,39-44H,7-13,16-21H2,1-6H3,(H,55,56)(H,57,58)(H,59,67)(H,60,68)/t39-,40-,41+,42+,43+,44+/m1/s1. The van der Waals surface area contributed by atoms with Crippen LogP contribution in [0.15, 0.2) is 42.5 Å². The summed E-state index contributed by atoms with van der Waals surface area (Å²) in [5.74, 6) is -1.70. The summed E-state index contributed by atoms with van der Waals surface area (Å²) in [7, 11) is 2.51. The zero-order valence-electron chi connectivity index (χ0n) is 40.6. The maximum Gasteiger partial charge on any atom is 0.407 e. The number of nitrogens with one attached hydrogen (secondary N) is 4. The third kappa shape index (κ3) is 9.30. The summed E-state index contributed by atoms with van der Waals surface area (Å²) in [5.41, 5.74) is 3.67. The van der Waals surface area contributed by atoms with E-state index in [0.29, 0.717) is 97.6 Å². The fraction of sp³-hybridized carbons (Fsp3) is 0.529. The zero-order chi connectivity index (χ0) is 49.5. The number of imidazole rings is 2. The summed E-state index contributed by atoms with van der Waals surface area (Å²) < 4.78 is 59.2. The van der Waals surface area contributed by atoms with E-state index >= 15 is 13.2 Å². The second-order valence-corrected chi connectivity index (χ2v) is 19.8. The molecular formula is C51H63F3N10O6. The van der Waals surface area contributed by atoms with Crippen molar-refractivity contribution in [3.63, 3.8) is 0 Å². The maximum absolute atomic E-state index is 16.8. The van der Waals surface area contributed by atoms with Crippen LogP contribution in [0.5, 0.6) is 0 Å². The molecule has 2 aromatic heterocycles. The number of H-pyrrole nitrogens is 2. The number of benzene rings is 3. The van der Waals surface area contributed by atoms with Crippen LogP contribution in [-0.4, -0.2) is 106 Å². The first kappa shape index (κ1) is 48.5. The van der Waals surface area contributed by atoms with Crippen LogP contribution < -0.4 is 20.4 Å². The van der Waals surface area contributed by atoms with E-state index in [4.69, 9.17) is 19.4 Å². The number of aromatic amines is 2. The van der Waals surface area contributed by atoms with E-state index in [9.17, 15) is 19.2 Å². The predicted octanol–water partition coefficient (Wildman–Crippen LogP) is 9.02. The molecule has 0 saturated carbocycles. The zero-order valence-corrected chi connectivity index (χ0v) is 40.6. The Kier molecular flexibility index (Phi) is 13.9. The smallest absolute Gasteiger partial charge is 0.407 e. The van der Waals surface area contributed by atoms with Crippen molar-refractivity contribution in [1.82, 2.24) is 40.4 Å². The van der Waals surface area contributed by atoms with E-state index in [1.165, 1.54) is 32.4 Å². The number of anilines is 2. The number of carbonyl (C=O) groups is 4. The van der Waals surface area contributed by atoms with Gasteiger partial charge in [-0.25, -0.2) is 32.7 Å². The molecule has 4 aliphatic rings. The van der Waals surface area contributed by atoms with Gasteiger partial charge in [-0.15, -0.1) is 0 Å². The van der Waals surface area contributed by atoms with Crippen LogP contribution in [0.25, 0.3) is 22.1 Å². The molecule has 5 aromatic rings. The van der Waals surface area contributed by atoms with Gasteiger partial charge in [0.15, 0.2) is 11.6 Å². The van der Waals surface area contributed by atoms with Crippen LogP contribution in [0, 0.1) is 29.3 Å². The summed E-state index contributed by atoms with van der Waals surface area (Å²) >= 11 is 0. The Balaban J connectivity index is 1.05. The van der Waals surface area contributed by atoms with Crippen LogP contribution in [0.3, 0.4) is 0 Å². The average molecular weight is 969 g/mol. The third-order valence-electron chi connectivity index (χ3n) is 14.7. The van der Waals surface area contributed by atoms with Crippen molar-refractivity contribution in [2.75, 3.05) is 50.2 Å². The number of aromatic nitrogens is 4. The van der Waals surface area contributed by atoms with Gasteiger partial charge in [0.25, 0.3) is 0 Å². The minimum atomic E-state index is -0.823. The van der Waals surface area contributed by atoms with E-state index in [2.05, 4.69) is 20.6 Å². The first-order chi connectivity index (χ1) is 33.6. The molecule has 70 heavy (non-hydrogen) atoms. The van der Waals surface area contributed by atoms with E-state index in [0.717, 1.165) is 31.2 Å². The molecule has 4 amide bonds. The molecule has 0 aliphatic carbocycles. The molecule has 16 nitrogen and oxygen atoms in total. The van der Waals surface area contributed by atoms with Crippen LogP contribution in [0.4, 0.5) is 34.1 Å². The van der Waals surface area contributed by atoms with Crippen molar-refractivity contribution in [3.05, 3.63) is 82.7 Å². The lowest BCUT2D eigenvalue weighted by atomic mass is 10.0. The molecule has 4 N–H and O–H groups in total. The minimum absolute atomic E-state index is 0.0554. The van der Waals surface area contributed by atoms with Gasteiger partial charge in [0.2, 0.25) is 11.8 Å². The van der Waals surface area contributed by atoms with E-state index in [-0.39, 0.29) is 41.1 Å². The number of hydrogen-bond acceptors (Lipinski definition) is 10. The van der Waals surface area contributed by atoms with Crippen LogP contribution in [0.2, 0.25) is 0 Å². The van der Waals surface area contributed by atoms with Gasteiger partial charge in [-0.2, -0.15) is 0 Å². The number of halogens is 3. The lowest BCUT2D eigenvalue weighted by Crippen LogP contribution is -2.51. The Morgan fingerprint density at radius 3 is 1.69 bits per heavy atom. The normalized spacial score (nSPS) is 21.6. The number of rotatable bonds is 12. The highest BCUT2D eigenvalue weighted by atomic mass is 19.1. The highest BCUT2D eigenvalue weighted by Gasteiger charge is 2.42. The number of methoxy groups -OCH3 is 2. The highest BCUT2D eigenvalue weighted by Crippen LogP contribution is 2.49. The van der Waals surface area contributed by atoms with Crippen molar-refractivity contribution in [1.29, 1.82) is 0 Å². The fourth-order valence-corrected chi connectivity index (χ4v) is 11.2. The Labute approximate surface area is 405 Å². The molecule has 6 heterocycles. The van der Waals surface area contributed by atoms with Crippen molar-refractivity contribution in [2.45, 2.75) is 122 Å². The molecule has 0 bridgehead atoms. The molecule has 0 radical (unpaired) electrons. The lowest BCUT2D eigenvalue weighted by Gasteiger charge is -2.35. The van der Waals surface area contributed by atoms with Crippen molar-refractivity contribution < 1.29 is 41.8 Å². The topological polar surface area (TPSA) is 181 Å². The Hall–Kier alpha value is -6.53. The summed E-state index contributed by atoms with van der Waals surface area (Å²) in [6.07, 6.45) is 4.99. The Bertz CT molecular complexity index is 2750. The molecule has 4 saturated heterocycles. The second kappa shape index (κ2) is 20.1. The van der Waals surface area contributed by atoms with Crippen LogP contribution in [-0.2, 0) is 19.1 Å². The molecule has 6 atom stereocenters. The Morgan fingerprint density at radius 1 is 0.614 bits per heavy atom. The second-order valence-electron chi connectivity index (χ2n) is 19.8. The first-order valence-corrected chi connectivity index (χ1v) is 24.7. The minimum Gasteiger partial charge on any atom is -0.453 e. The van der Waals surface area contributed by atoms with Gasteiger partial charge in [-0.1, -0.05) is 33.8 Å². The lowest BCUT2D eigenvalue weighted by molar-refractivity contribution is -0.136. The third-order valence-corrected chi connectivity index (χ3v) is 14.7. The molecule has 4 fully saturated rings. The van der Waals surface area contributed by atoms with Gasteiger partial charge in [0.05, 0.1) is 60.5 Å². The number of likely N-dealkylation sites (tertiary alicyclic amines) is 2. The molecular weight excluding hydrogens is 906 g/mol. The molecule has 0 unspecified atom stereocenters. The number of piperidine rings is 1. The number of nitrogens with zero attached hydrogens (tertiary/aromatic N) is 6. The summed E-state index contributed by atoms with van der Waals surface area (Å²) in [5, 5.41) is 5.36. The van der Waals surface area contributed by atoms with E-state index < -0.39 is 59.8 Å². The summed E-state index contributed by atoms with van der Waals surface area (Å²) in [6, 6.07) is 8.11. The largest absolute Gasteiger partial charge is 0.453 e. The molecule has 0 spiro atoms. The van der Waals surface area contributed by atoms with Gasteiger partial charge in [0.1, 0.15) is 35.2 Å². The number of alkyl carbamates (subject to hydrolysis) is 2. The van der Waals surface area contributed by atoms with E-state index in [1.807, 2.05) is 50.8 Å². The van der Waals surface area contributed by atoms with Gasteiger partial charge >= 0.3 is 12.2 Å². The van der Waals surface area contributed by atoms with Gasteiger partial charge in [-0.05, 0) is 106 Å². The first-order valence-electron chi connectivity index (χ1n) is 24.7. The van der Waals surface area contributed by atoms with E-state index in [1.54, 1.807) is 20.8 Å². The molecule has 4 aliphatic heterocycles. The molecule has 9 rings (SSSR count). The SMILES string of the molecule is COC(=O)N[C@H](C(=O)N1CCC[C@H]1c1nc2ccc([C@H]3CC[C@H](c4cc5[nH]c([C@@H]6CCCN6C(=O)[C@@H](NC(=O)OC)C(C)C)nc5cc4F)N3c3cc(F)c(N4CCCCC4)c(F)c3)cc2[nH]1)C(C)C. The fourth-order valence-electron chi connectivity index (χ4n) is 11.2. The number of ether oxygens (including phenoxy) is 2. The van der Waals surface area contributed by atoms with Gasteiger partial charge in [0, 0.05) is 43.5 Å². The summed E-state index contributed by atoms with van der Waals surface area (Å²) in [6.45, 7) is 9.47. The van der Waals surface area contributed by atoms with Crippen molar-refractivity contribution in [3.8, 4) is 0 Å². The number of fused-ring (bicyclic) bond motifs is 2. The maximum atomic E-state index is 16.8. The number of hydrogen-bond donors (Lipinski definition) is 4. The van der Waals surface area contributed by atoms with Crippen molar-refractivity contribution in [2.24, 2.45) is 11.8 Å². The van der Waals surface area contributed by atoms with Gasteiger partial charge < -0.3 is 49.7 Å². The van der Waals surface area contributed by atoms with Crippen LogP contribution in [0.1, 0.15) is 132 Å². The summed E-state index contributed by atoms with van der Waals surface area (Å²) in [4.78, 5) is 75.9. The molecule has 19 heteroatoms. The van der Waals surface area contributed by atoms with Crippen molar-refractivity contribution >= 4 is 57.4 Å². The quantitative estimate of drug-likeness (QED) is 0.0942. The number of carbonyl (C=O) groups excluding carboxylic acids is 4. The van der Waals surface area contributed by atoms with Crippen LogP contribution >= 0.6 is 0 Å². The molecule has 374 valence electrons. The monoisotopic (exact) mass is 968 g/mol. The Morgan fingerprint density at radius 2 is 1.14 bits per heavy atom. The average Bonchev–Trinajstić information content (AvgIpc) is 4.20. The molecule has 3 aromatic carbocycles. The number of amides is 4. The van der Waals surface area contributed by atoms with Gasteiger partial charge in [-0.3, -0.25) is 9.59 Å². The highest BCUT2D eigenvalue weighted by molar-refractivity contribution is 5.88. The predicted molar refractivity (Wildman–Crippen MR) is 257 cm³/mol.